The van der Waals surface area contributed by atoms with E-state index in [1.54, 1.807) is 7.05 Å². The van der Waals surface area contributed by atoms with Crippen LogP contribution in [0.1, 0.15) is 43.4 Å². The van der Waals surface area contributed by atoms with Gasteiger partial charge in [0.15, 0.2) is 0 Å². The lowest BCUT2D eigenvalue weighted by Gasteiger charge is -2.14. The molecule has 130 valence electrons. The molecule has 0 heterocycles. The minimum absolute atomic E-state index is 0.418. The second-order valence-corrected chi connectivity index (χ2v) is 6.48. The van der Waals surface area contributed by atoms with E-state index >= 15 is 0 Å². The van der Waals surface area contributed by atoms with Gasteiger partial charge in [0.05, 0.1) is 0 Å². The molecule has 0 aliphatic carbocycles. The molecule has 0 spiro atoms. The first-order chi connectivity index (χ1) is 12.0. The predicted molar refractivity (Wildman–Crippen MR) is 110 cm³/mol. The maximum absolute atomic E-state index is 7.95. The van der Waals surface area contributed by atoms with E-state index in [4.69, 9.17) is 5.41 Å². The molecule has 0 bridgehead atoms. The molecule has 0 saturated carbocycles. The lowest BCUT2D eigenvalue weighted by atomic mass is 9.91. The van der Waals surface area contributed by atoms with Gasteiger partial charge in [0.25, 0.3) is 0 Å². The van der Waals surface area contributed by atoms with Crippen LogP contribution in [0, 0.1) is 11.3 Å². The Morgan fingerprint density at radius 3 is 2.36 bits per heavy atom. The van der Waals surface area contributed by atoms with Crippen LogP contribution in [-0.4, -0.2) is 12.9 Å². The topological polar surface area (TPSA) is 35.9 Å². The Balaban J connectivity index is 2.35. The number of hydrogen-bond donors (Lipinski definition) is 2. The van der Waals surface area contributed by atoms with Gasteiger partial charge in [0.2, 0.25) is 0 Å². The molecule has 0 aliphatic heterocycles. The summed E-state index contributed by atoms with van der Waals surface area (Å²) in [6.07, 6.45) is 4.39. The molecule has 2 aromatic rings. The van der Waals surface area contributed by atoms with E-state index in [0.29, 0.717) is 11.8 Å². The highest BCUT2D eigenvalue weighted by molar-refractivity contribution is 5.97. The van der Waals surface area contributed by atoms with Crippen molar-refractivity contribution >= 4 is 17.0 Å². The van der Waals surface area contributed by atoms with Gasteiger partial charge in [0, 0.05) is 12.6 Å². The van der Waals surface area contributed by atoms with Crippen molar-refractivity contribution in [1.29, 1.82) is 5.41 Å². The minimum Gasteiger partial charge on any atom is -0.373 e. The van der Waals surface area contributed by atoms with Gasteiger partial charge in [-0.25, -0.2) is 0 Å². The normalized spacial score (nSPS) is 12.5. The fraction of sp³-hybridized carbons (Fsp3) is 0.261. The van der Waals surface area contributed by atoms with Crippen molar-refractivity contribution in [1.82, 2.24) is 5.32 Å². The van der Waals surface area contributed by atoms with E-state index in [1.807, 2.05) is 24.3 Å². The summed E-state index contributed by atoms with van der Waals surface area (Å²) in [5, 5.41) is 10.8. The Bertz CT molecular complexity index is 757. The Hall–Kier alpha value is -2.61. The monoisotopic (exact) mass is 332 g/mol. The van der Waals surface area contributed by atoms with Crippen molar-refractivity contribution in [3.63, 3.8) is 0 Å². The summed E-state index contributed by atoms with van der Waals surface area (Å²) < 4.78 is 0. The zero-order chi connectivity index (χ0) is 18.2. The summed E-state index contributed by atoms with van der Waals surface area (Å²) >= 11 is 0. The van der Waals surface area contributed by atoms with Crippen molar-refractivity contribution in [3.8, 4) is 0 Å². The number of benzene rings is 2. The first-order valence-corrected chi connectivity index (χ1v) is 8.87. The third kappa shape index (κ3) is 5.18. The zero-order valence-corrected chi connectivity index (χ0v) is 15.5. The number of rotatable bonds is 7. The van der Waals surface area contributed by atoms with Crippen molar-refractivity contribution in [2.75, 3.05) is 7.05 Å². The summed E-state index contributed by atoms with van der Waals surface area (Å²) in [6.45, 7) is 8.80. The van der Waals surface area contributed by atoms with Crippen LogP contribution in [0.5, 0.6) is 0 Å². The largest absolute Gasteiger partial charge is 0.373 e. The Labute approximate surface area is 151 Å². The molecular formula is C23H28N2. The summed E-state index contributed by atoms with van der Waals surface area (Å²) in [7, 11) is 1.77. The molecule has 0 aromatic heterocycles. The molecule has 0 saturated heterocycles. The maximum atomic E-state index is 7.95. The van der Waals surface area contributed by atoms with E-state index in [9.17, 15) is 0 Å². The molecule has 2 aromatic carbocycles. The van der Waals surface area contributed by atoms with Crippen molar-refractivity contribution in [3.05, 3.63) is 83.9 Å². The van der Waals surface area contributed by atoms with Crippen LogP contribution in [0.25, 0.3) is 11.1 Å². The summed E-state index contributed by atoms with van der Waals surface area (Å²) in [4.78, 5) is 0. The van der Waals surface area contributed by atoms with Gasteiger partial charge in [-0.3, -0.25) is 5.41 Å². The summed E-state index contributed by atoms with van der Waals surface area (Å²) in [5.74, 6) is 1.05. The van der Waals surface area contributed by atoms with Gasteiger partial charge in [-0.1, -0.05) is 81.5 Å². The van der Waals surface area contributed by atoms with Gasteiger partial charge in [-0.2, -0.15) is 0 Å². The average molecular weight is 332 g/mol. The fourth-order valence-corrected chi connectivity index (χ4v) is 2.74. The molecule has 2 N–H and O–H groups in total. The lowest BCUT2D eigenvalue weighted by Crippen LogP contribution is -2.17. The molecule has 0 aliphatic rings. The average Bonchev–Trinajstić information content (AvgIpc) is 2.67. The molecule has 0 amide bonds. The Morgan fingerprint density at radius 1 is 1.08 bits per heavy atom. The van der Waals surface area contributed by atoms with E-state index in [1.165, 1.54) is 11.1 Å². The SMILES string of the molecule is C=C(/C=C(\CC(C)CC)c1ccccc1)c1cccc(C(=N)NC)c1. The Morgan fingerprint density at radius 2 is 1.72 bits per heavy atom. The number of hydrogen-bond acceptors (Lipinski definition) is 1. The lowest BCUT2D eigenvalue weighted by molar-refractivity contribution is 0.579. The molecular weight excluding hydrogens is 304 g/mol. The predicted octanol–water partition coefficient (Wildman–Crippen LogP) is 5.76. The maximum Gasteiger partial charge on any atom is 0.125 e. The van der Waals surface area contributed by atoms with Gasteiger partial charge in [-0.05, 0) is 40.7 Å². The summed E-state index contributed by atoms with van der Waals surface area (Å²) in [6, 6.07) is 18.5. The Kier molecular flexibility index (Phi) is 6.76. The fourth-order valence-electron chi connectivity index (χ4n) is 2.74. The highest BCUT2D eigenvalue weighted by Gasteiger charge is 2.09. The quantitative estimate of drug-likeness (QED) is 0.377. The number of allylic oxidation sites excluding steroid dienone is 3. The third-order valence-corrected chi connectivity index (χ3v) is 4.53. The van der Waals surface area contributed by atoms with E-state index in [-0.39, 0.29) is 0 Å². The van der Waals surface area contributed by atoms with E-state index in [0.717, 1.165) is 29.5 Å². The summed E-state index contributed by atoms with van der Waals surface area (Å²) in [5.41, 5.74) is 5.47. The van der Waals surface area contributed by atoms with Crippen LogP contribution in [0.2, 0.25) is 0 Å². The molecule has 1 atom stereocenters. The number of amidine groups is 1. The molecule has 2 nitrogen and oxygen atoms in total. The second kappa shape index (κ2) is 9.03. The first-order valence-electron chi connectivity index (χ1n) is 8.87. The molecule has 25 heavy (non-hydrogen) atoms. The second-order valence-electron chi connectivity index (χ2n) is 6.48. The standard InChI is InChI=1S/C23H28N2/c1-5-17(2)14-22(19-10-7-6-8-11-19)15-18(3)20-12-9-13-21(16-20)23(24)25-4/h6-13,15-17H,3,5,14H2,1-2,4H3,(H2,24,25)/b22-15+. The van der Waals surface area contributed by atoms with Crippen molar-refractivity contribution < 1.29 is 0 Å². The molecule has 2 heteroatoms. The van der Waals surface area contributed by atoms with E-state index in [2.05, 4.69) is 62.2 Å². The molecule has 1 unspecified atom stereocenters. The molecule has 2 rings (SSSR count). The first kappa shape index (κ1) is 18.7. The highest BCUT2D eigenvalue weighted by atomic mass is 14.9. The van der Waals surface area contributed by atoms with Crippen LogP contribution in [0.3, 0.4) is 0 Å². The molecule has 0 radical (unpaired) electrons. The van der Waals surface area contributed by atoms with Gasteiger partial charge < -0.3 is 5.32 Å². The number of nitrogens with one attached hydrogen (secondary N) is 2. The van der Waals surface area contributed by atoms with Crippen LogP contribution >= 0.6 is 0 Å². The van der Waals surface area contributed by atoms with Gasteiger partial charge in [0.1, 0.15) is 5.84 Å². The van der Waals surface area contributed by atoms with Crippen LogP contribution in [0.15, 0.2) is 67.3 Å². The van der Waals surface area contributed by atoms with E-state index < -0.39 is 0 Å². The highest BCUT2D eigenvalue weighted by Crippen LogP contribution is 2.28. The smallest absolute Gasteiger partial charge is 0.125 e. The van der Waals surface area contributed by atoms with Gasteiger partial charge in [-0.15, -0.1) is 0 Å². The van der Waals surface area contributed by atoms with Crippen LogP contribution in [-0.2, 0) is 0 Å². The minimum atomic E-state index is 0.418. The van der Waals surface area contributed by atoms with Crippen molar-refractivity contribution in [2.45, 2.75) is 26.7 Å². The van der Waals surface area contributed by atoms with Crippen LogP contribution in [0.4, 0.5) is 0 Å². The van der Waals surface area contributed by atoms with Crippen LogP contribution < -0.4 is 5.32 Å². The van der Waals surface area contributed by atoms with Gasteiger partial charge >= 0.3 is 0 Å². The van der Waals surface area contributed by atoms with Crippen molar-refractivity contribution in [2.24, 2.45) is 5.92 Å². The molecule has 0 fully saturated rings. The zero-order valence-electron chi connectivity index (χ0n) is 15.5. The third-order valence-electron chi connectivity index (χ3n) is 4.53.